The van der Waals surface area contributed by atoms with Crippen LogP contribution in [0.4, 0.5) is 17.1 Å². The fourth-order valence-corrected chi connectivity index (χ4v) is 10.5. The second-order valence-electron chi connectivity index (χ2n) is 15.5. The maximum Gasteiger partial charge on any atom is 0.137 e. The molecule has 0 spiro atoms. The van der Waals surface area contributed by atoms with Gasteiger partial charge in [-0.25, -0.2) is 4.98 Å². The average molecular weight is 785 g/mol. The van der Waals surface area contributed by atoms with Gasteiger partial charge in [0, 0.05) is 39.5 Å². The summed E-state index contributed by atoms with van der Waals surface area (Å²) in [7, 11) is 0. The van der Waals surface area contributed by atoms with Gasteiger partial charge in [-0.05, 0) is 93.0 Å². The van der Waals surface area contributed by atoms with E-state index in [4.69, 9.17) is 9.40 Å². The largest absolute Gasteiger partial charge is 0.456 e. The monoisotopic (exact) mass is 784 g/mol. The molecule has 282 valence electrons. The Morgan fingerprint density at radius 3 is 1.77 bits per heavy atom. The van der Waals surface area contributed by atoms with Crippen molar-refractivity contribution >= 4 is 60.6 Å². The van der Waals surface area contributed by atoms with Crippen molar-refractivity contribution in [3.05, 3.63) is 241 Å². The summed E-state index contributed by atoms with van der Waals surface area (Å²) in [5.41, 5.74) is 16.4. The Morgan fingerprint density at radius 1 is 0.417 bits per heavy atom. The molecule has 2 heterocycles. The summed E-state index contributed by atoms with van der Waals surface area (Å²) in [6.45, 7) is 0. The van der Waals surface area contributed by atoms with Crippen LogP contribution in [0.2, 0.25) is 0 Å². The highest BCUT2D eigenvalue weighted by molar-refractivity contribution is 7.21. The van der Waals surface area contributed by atoms with E-state index >= 15 is 0 Å². The van der Waals surface area contributed by atoms with Gasteiger partial charge in [0.05, 0.1) is 15.6 Å². The summed E-state index contributed by atoms with van der Waals surface area (Å²) in [5.74, 6) is 0. The van der Waals surface area contributed by atoms with Gasteiger partial charge in [-0.2, -0.15) is 0 Å². The fraction of sp³-hybridized carbons (Fsp3) is 0.0179. The zero-order chi connectivity index (χ0) is 39.6. The molecule has 4 heteroatoms. The Kier molecular flexibility index (Phi) is 7.94. The lowest BCUT2D eigenvalue weighted by atomic mass is 9.67. The van der Waals surface area contributed by atoms with Crippen molar-refractivity contribution in [1.29, 1.82) is 0 Å². The van der Waals surface area contributed by atoms with Gasteiger partial charge in [0.2, 0.25) is 0 Å². The van der Waals surface area contributed by atoms with Gasteiger partial charge < -0.3 is 9.32 Å². The minimum absolute atomic E-state index is 0.522. The van der Waals surface area contributed by atoms with Crippen LogP contribution in [0, 0.1) is 0 Å². The highest BCUT2D eigenvalue weighted by atomic mass is 32.1. The van der Waals surface area contributed by atoms with Crippen LogP contribution in [0.25, 0.3) is 65.0 Å². The van der Waals surface area contributed by atoms with E-state index in [0.29, 0.717) is 0 Å². The first-order chi connectivity index (χ1) is 29.7. The van der Waals surface area contributed by atoms with Gasteiger partial charge >= 0.3 is 0 Å². The van der Waals surface area contributed by atoms with Gasteiger partial charge in [-0.15, -0.1) is 11.3 Å². The second kappa shape index (κ2) is 13.8. The Balaban J connectivity index is 1.05. The molecule has 1 aliphatic carbocycles. The summed E-state index contributed by atoms with van der Waals surface area (Å²) < 4.78 is 7.63. The lowest BCUT2D eigenvalue weighted by Crippen LogP contribution is -2.28. The third kappa shape index (κ3) is 5.38. The Hall–Kier alpha value is -7.53. The summed E-state index contributed by atoms with van der Waals surface area (Å²) in [6.07, 6.45) is 0. The molecule has 12 rings (SSSR count). The molecule has 1 aliphatic rings. The topological polar surface area (TPSA) is 29.3 Å². The smallest absolute Gasteiger partial charge is 0.137 e. The molecule has 0 amide bonds. The number of aromatic nitrogens is 1. The zero-order valence-corrected chi connectivity index (χ0v) is 33.3. The van der Waals surface area contributed by atoms with Crippen molar-refractivity contribution in [3.8, 4) is 32.8 Å². The maximum atomic E-state index is 6.50. The molecule has 60 heavy (non-hydrogen) atoms. The van der Waals surface area contributed by atoms with E-state index in [1.54, 1.807) is 11.3 Å². The molecule has 0 N–H and O–H groups in total. The molecule has 0 aliphatic heterocycles. The SMILES string of the molecule is c1ccc(-c2ccc(-c3nc4ccc(N(c5ccc6c(c5)C(c5ccccc5)(c5ccccc5)c5ccccc5-6)c5ccc6c(c5)oc5ccccc56)cc4s3)cc2)cc1. The number of nitrogens with zero attached hydrogens (tertiary/aromatic N) is 2. The Bertz CT molecular complexity index is 3330. The van der Waals surface area contributed by atoms with E-state index in [2.05, 4.69) is 211 Å². The van der Waals surface area contributed by atoms with E-state index in [1.807, 2.05) is 12.1 Å². The molecule has 0 saturated heterocycles. The molecule has 0 fully saturated rings. The van der Waals surface area contributed by atoms with Crippen molar-refractivity contribution in [3.63, 3.8) is 0 Å². The van der Waals surface area contributed by atoms with E-state index in [-0.39, 0.29) is 0 Å². The molecule has 9 aromatic carbocycles. The highest BCUT2D eigenvalue weighted by Gasteiger charge is 2.46. The molecule has 11 aromatic rings. The molecule has 0 bridgehead atoms. The first kappa shape index (κ1) is 34.5. The number of benzene rings is 9. The number of furan rings is 1. The van der Waals surface area contributed by atoms with Crippen molar-refractivity contribution in [1.82, 2.24) is 4.98 Å². The number of fused-ring (bicyclic) bond motifs is 7. The lowest BCUT2D eigenvalue weighted by molar-refractivity contribution is 0.669. The number of anilines is 3. The molecular formula is C56H36N2OS. The van der Waals surface area contributed by atoms with Gasteiger partial charge in [-0.1, -0.05) is 164 Å². The molecule has 0 saturated carbocycles. The van der Waals surface area contributed by atoms with Crippen LogP contribution in [-0.4, -0.2) is 4.98 Å². The third-order valence-electron chi connectivity index (χ3n) is 12.2. The average Bonchev–Trinajstić information content (AvgIpc) is 4.00. The predicted octanol–water partition coefficient (Wildman–Crippen LogP) is 15.4. The zero-order valence-electron chi connectivity index (χ0n) is 32.5. The minimum Gasteiger partial charge on any atom is -0.456 e. The molecule has 0 radical (unpaired) electrons. The number of rotatable bonds is 7. The van der Waals surface area contributed by atoms with Gasteiger partial charge in [0.25, 0.3) is 0 Å². The normalized spacial score (nSPS) is 12.8. The number of hydrogen-bond acceptors (Lipinski definition) is 4. The van der Waals surface area contributed by atoms with Gasteiger partial charge in [-0.3, -0.25) is 0 Å². The lowest BCUT2D eigenvalue weighted by Gasteiger charge is -2.35. The van der Waals surface area contributed by atoms with Crippen LogP contribution < -0.4 is 4.90 Å². The number of hydrogen-bond donors (Lipinski definition) is 0. The van der Waals surface area contributed by atoms with Crippen LogP contribution in [0.5, 0.6) is 0 Å². The summed E-state index contributed by atoms with van der Waals surface area (Å²) >= 11 is 1.73. The Morgan fingerprint density at radius 2 is 0.983 bits per heavy atom. The molecule has 2 aromatic heterocycles. The minimum atomic E-state index is -0.522. The van der Waals surface area contributed by atoms with Gasteiger partial charge in [0.1, 0.15) is 16.2 Å². The van der Waals surface area contributed by atoms with E-state index in [0.717, 1.165) is 59.8 Å². The predicted molar refractivity (Wildman–Crippen MR) is 250 cm³/mol. The Labute approximate surface area is 352 Å². The summed E-state index contributed by atoms with van der Waals surface area (Å²) in [5, 5.41) is 3.22. The fourth-order valence-electron chi connectivity index (χ4n) is 9.48. The summed E-state index contributed by atoms with van der Waals surface area (Å²) in [4.78, 5) is 7.52. The van der Waals surface area contributed by atoms with Crippen molar-refractivity contribution < 1.29 is 4.42 Å². The first-order valence-electron chi connectivity index (χ1n) is 20.4. The van der Waals surface area contributed by atoms with E-state index in [9.17, 15) is 0 Å². The van der Waals surface area contributed by atoms with Crippen molar-refractivity contribution in [2.45, 2.75) is 5.41 Å². The summed E-state index contributed by atoms with van der Waals surface area (Å²) in [6, 6.07) is 78.8. The second-order valence-corrected chi connectivity index (χ2v) is 16.5. The maximum absolute atomic E-state index is 6.50. The quantitative estimate of drug-likeness (QED) is 0.161. The third-order valence-corrected chi connectivity index (χ3v) is 13.3. The highest BCUT2D eigenvalue weighted by Crippen LogP contribution is 2.57. The van der Waals surface area contributed by atoms with Crippen molar-refractivity contribution in [2.75, 3.05) is 4.90 Å². The first-order valence-corrected chi connectivity index (χ1v) is 21.2. The molecule has 0 unspecified atom stereocenters. The molecule has 3 nitrogen and oxygen atoms in total. The van der Waals surface area contributed by atoms with E-state index in [1.165, 1.54) is 44.5 Å². The standard InChI is InChI=1S/C56H36N2OS/c1-4-14-37(15-5-1)38-24-26-39(27-25-38)55-57-51-33-30-44(36-54(51)60-55)58(43-29-32-48-47-21-11-13-23-52(47)59-53(48)35-43)42-28-31-46-45-20-10-12-22-49(45)56(50(46)34-42,40-16-6-2-7-17-40)41-18-8-3-9-19-41/h1-36H. The van der Waals surface area contributed by atoms with E-state index < -0.39 is 5.41 Å². The van der Waals surface area contributed by atoms with Crippen LogP contribution in [0.3, 0.4) is 0 Å². The molecular weight excluding hydrogens is 749 g/mol. The molecule has 0 atom stereocenters. The van der Waals surface area contributed by atoms with Crippen LogP contribution >= 0.6 is 11.3 Å². The van der Waals surface area contributed by atoms with Crippen molar-refractivity contribution in [2.24, 2.45) is 0 Å². The van der Waals surface area contributed by atoms with Gasteiger partial charge in [0.15, 0.2) is 0 Å². The number of thiazole rings is 1. The number of para-hydroxylation sites is 1. The van der Waals surface area contributed by atoms with Crippen LogP contribution in [0.15, 0.2) is 223 Å². The van der Waals surface area contributed by atoms with Crippen LogP contribution in [-0.2, 0) is 5.41 Å². The van der Waals surface area contributed by atoms with Crippen LogP contribution in [0.1, 0.15) is 22.3 Å².